The van der Waals surface area contributed by atoms with E-state index in [-0.39, 0.29) is 6.61 Å². The van der Waals surface area contributed by atoms with Crippen LogP contribution in [0, 0.1) is 13.8 Å². The average molecular weight is 296 g/mol. The van der Waals surface area contributed by atoms with Crippen LogP contribution < -0.4 is 9.47 Å². The number of rotatable bonds is 5. The van der Waals surface area contributed by atoms with Gasteiger partial charge in [0.1, 0.15) is 17.2 Å². The van der Waals surface area contributed by atoms with Crippen LogP contribution in [0.3, 0.4) is 0 Å². The molecule has 22 heavy (non-hydrogen) atoms. The van der Waals surface area contributed by atoms with Crippen molar-refractivity contribution in [2.45, 2.75) is 20.5 Å². The van der Waals surface area contributed by atoms with Crippen molar-refractivity contribution in [3.63, 3.8) is 0 Å². The lowest BCUT2D eigenvalue weighted by molar-refractivity contribution is 0.259. The van der Waals surface area contributed by atoms with Gasteiger partial charge in [-0.3, -0.25) is 0 Å². The van der Waals surface area contributed by atoms with E-state index in [9.17, 15) is 0 Å². The minimum absolute atomic E-state index is 0.231. The number of benzene rings is 2. The molecule has 0 amide bonds. The van der Waals surface area contributed by atoms with Crippen LogP contribution in [-0.2, 0) is 6.61 Å². The summed E-state index contributed by atoms with van der Waals surface area (Å²) in [6.45, 7) is 4.01. The van der Waals surface area contributed by atoms with E-state index < -0.39 is 0 Å². The van der Waals surface area contributed by atoms with Crippen molar-refractivity contribution in [3.05, 3.63) is 65.9 Å². The Morgan fingerprint density at radius 1 is 0.909 bits per heavy atom. The highest BCUT2D eigenvalue weighted by atomic mass is 16.5. The number of ether oxygens (including phenoxy) is 2. The molecular formula is C17H16N2O3. The Morgan fingerprint density at radius 2 is 1.68 bits per heavy atom. The third-order valence-corrected chi connectivity index (χ3v) is 2.99. The quantitative estimate of drug-likeness (QED) is 0.710. The molecule has 1 aromatic heterocycles. The first-order valence-electron chi connectivity index (χ1n) is 6.95. The second-order valence-electron chi connectivity index (χ2n) is 4.89. The number of aryl methyl sites for hydroxylation is 2. The first-order chi connectivity index (χ1) is 10.7. The van der Waals surface area contributed by atoms with Gasteiger partial charge in [-0.25, -0.2) is 0 Å². The van der Waals surface area contributed by atoms with Gasteiger partial charge in [-0.15, -0.1) is 10.2 Å². The normalized spacial score (nSPS) is 10.5. The standard InChI is InChI=1S/C17H16N2O3/c1-12-6-8-14(9-7-12)22-16-5-3-4-15(10-16)20-11-17-19-18-13(2)21-17/h3-10H,11H2,1-2H3. The second-order valence-corrected chi connectivity index (χ2v) is 4.89. The summed E-state index contributed by atoms with van der Waals surface area (Å²) in [5.74, 6) is 3.15. The Balaban J connectivity index is 1.65. The minimum Gasteiger partial charge on any atom is -0.484 e. The Hall–Kier alpha value is -2.82. The topological polar surface area (TPSA) is 57.4 Å². The van der Waals surface area contributed by atoms with E-state index >= 15 is 0 Å². The van der Waals surface area contributed by atoms with Gasteiger partial charge in [0, 0.05) is 13.0 Å². The lowest BCUT2D eigenvalue weighted by atomic mass is 10.2. The van der Waals surface area contributed by atoms with E-state index in [4.69, 9.17) is 13.9 Å². The maximum absolute atomic E-state index is 5.80. The molecule has 0 fully saturated rings. The minimum atomic E-state index is 0.231. The predicted octanol–water partition coefficient (Wildman–Crippen LogP) is 4.06. The smallest absolute Gasteiger partial charge is 0.253 e. The molecule has 5 heteroatoms. The van der Waals surface area contributed by atoms with Crippen molar-refractivity contribution in [2.75, 3.05) is 0 Å². The molecule has 3 aromatic rings. The zero-order valence-electron chi connectivity index (χ0n) is 12.4. The highest BCUT2D eigenvalue weighted by molar-refractivity contribution is 5.37. The molecule has 112 valence electrons. The molecule has 0 unspecified atom stereocenters. The first-order valence-corrected chi connectivity index (χ1v) is 6.95. The first kappa shape index (κ1) is 14.1. The molecule has 0 saturated heterocycles. The Labute approximate surface area is 128 Å². The molecule has 3 rings (SSSR count). The van der Waals surface area contributed by atoms with E-state index in [0.29, 0.717) is 23.3 Å². The molecule has 0 aliphatic rings. The monoisotopic (exact) mass is 296 g/mol. The molecule has 5 nitrogen and oxygen atoms in total. The Morgan fingerprint density at radius 3 is 2.41 bits per heavy atom. The molecule has 0 aliphatic carbocycles. The van der Waals surface area contributed by atoms with E-state index in [1.54, 1.807) is 6.92 Å². The molecular weight excluding hydrogens is 280 g/mol. The van der Waals surface area contributed by atoms with E-state index in [0.717, 1.165) is 5.75 Å². The Bertz CT molecular complexity index is 751. The van der Waals surface area contributed by atoms with Gasteiger partial charge in [0.2, 0.25) is 5.89 Å². The summed E-state index contributed by atoms with van der Waals surface area (Å²) in [5.41, 5.74) is 1.19. The van der Waals surface area contributed by atoms with Crippen LogP contribution in [0.15, 0.2) is 52.9 Å². The fraction of sp³-hybridized carbons (Fsp3) is 0.176. The fourth-order valence-electron chi connectivity index (χ4n) is 1.91. The van der Waals surface area contributed by atoms with Crippen LogP contribution in [0.2, 0.25) is 0 Å². The summed E-state index contributed by atoms with van der Waals surface area (Å²) in [7, 11) is 0. The van der Waals surface area contributed by atoms with Crippen molar-refractivity contribution in [1.82, 2.24) is 10.2 Å². The fourth-order valence-corrected chi connectivity index (χ4v) is 1.91. The van der Waals surface area contributed by atoms with Crippen molar-refractivity contribution in [2.24, 2.45) is 0 Å². The number of aromatic nitrogens is 2. The van der Waals surface area contributed by atoms with Crippen molar-refractivity contribution >= 4 is 0 Å². The van der Waals surface area contributed by atoms with Gasteiger partial charge in [0.25, 0.3) is 5.89 Å². The summed E-state index contributed by atoms with van der Waals surface area (Å²) in [6.07, 6.45) is 0. The lowest BCUT2D eigenvalue weighted by Gasteiger charge is -2.08. The highest BCUT2D eigenvalue weighted by Crippen LogP contribution is 2.25. The van der Waals surface area contributed by atoms with Gasteiger partial charge in [0.15, 0.2) is 6.61 Å². The van der Waals surface area contributed by atoms with Gasteiger partial charge in [0.05, 0.1) is 0 Å². The molecule has 0 N–H and O–H groups in total. The van der Waals surface area contributed by atoms with Crippen LogP contribution in [-0.4, -0.2) is 10.2 Å². The zero-order valence-corrected chi connectivity index (χ0v) is 12.4. The largest absolute Gasteiger partial charge is 0.484 e. The van der Waals surface area contributed by atoms with Gasteiger partial charge < -0.3 is 13.9 Å². The van der Waals surface area contributed by atoms with Crippen LogP contribution in [0.5, 0.6) is 17.2 Å². The van der Waals surface area contributed by atoms with Crippen LogP contribution in [0.4, 0.5) is 0 Å². The molecule has 0 atom stereocenters. The maximum atomic E-state index is 5.80. The van der Waals surface area contributed by atoms with Crippen LogP contribution >= 0.6 is 0 Å². The molecule has 0 spiro atoms. The van der Waals surface area contributed by atoms with Gasteiger partial charge in [-0.2, -0.15) is 0 Å². The van der Waals surface area contributed by atoms with E-state index in [2.05, 4.69) is 10.2 Å². The summed E-state index contributed by atoms with van der Waals surface area (Å²) >= 11 is 0. The average Bonchev–Trinajstić information content (AvgIpc) is 2.94. The number of hydrogen-bond acceptors (Lipinski definition) is 5. The van der Waals surface area contributed by atoms with Gasteiger partial charge >= 0.3 is 0 Å². The summed E-state index contributed by atoms with van der Waals surface area (Å²) < 4.78 is 16.7. The molecule has 0 radical (unpaired) electrons. The molecule has 1 heterocycles. The third kappa shape index (κ3) is 3.63. The number of nitrogens with zero attached hydrogens (tertiary/aromatic N) is 2. The molecule has 0 aliphatic heterocycles. The molecule has 0 bridgehead atoms. The van der Waals surface area contributed by atoms with Crippen molar-refractivity contribution < 1.29 is 13.9 Å². The summed E-state index contributed by atoms with van der Waals surface area (Å²) in [5, 5.41) is 7.64. The highest BCUT2D eigenvalue weighted by Gasteiger charge is 2.04. The number of hydrogen-bond donors (Lipinski definition) is 0. The predicted molar refractivity (Wildman–Crippen MR) is 81.1 cm³/mol. The third-order valence-electron chi connectivity index (χ3n) is 2.99. The van der Waals surface area contributed by atoms with E-state index in [1.807, 2.05) is 55.5 Å². The van der Waals surface area contributed by atoms with Gasteiger partial charge in [-0.1, -0.05) is 23.8 Å². The van der Waals surface area contributed by atoms with Crippen LogP contribution in [0.1, 0.15) is 17.3 Å². The van der Waals surface area contributed by atoms with Crippen molar-refractivity contribution in [1.29, 1.82) is 0 Å². The summed E-state index contributed by atoms with van der Waals surface area (Å²) in [6, 6.07) is 15.3. The van der Waals surface area contributed by atoms with Crippen molar-refractivity contribution in [3.8, 4) is 17.2 Å². The van der Waals surface area contributed by atoms with E-state index in [1.165, 1.54) is 5.56 Å². The lowest BCUT2D eigenvalue weighted by Crippen LogP contribution is -1.96. The Kier molecular flexibility index (Phi) is 4.05. The SMILES string of the molecule is Cc1ccc(Oc2cccc(OCc3nnc(C)o3)c2)cc1. The summed E-state index contributed by atoms with van der Waals surface area (Å²) in [4.78, 5) is 0. The maximum Gasteiger partial charge on any atom is 0.253 e. The molecule has 2 aromatic carbocycles. The second kappa shape index (κ2) is 6.30. The molecule has 0 saturated carbocycles. The zero-order chi connectivity index (χ0) is 15.4. The van der Waals surface area contributed by atoms with Gasteiger partial charge in [-0.05, 0) is 31.2 Å². The van der Waals surface area contributed by atoms with Crippen LogP contribution in [0.25, 0.3) is 0 Å².